The molecule has 62 valence electrons. The maximum atomic E-state index is 12.9. The molecular formula is C9H5BFNO. The topological polar surface area (TPSA) is 32.9 Å². The first-order chi connectivity index (χ1) is 6.22. The lowest BCUT2D eigenvalue weighted by Gasteiger charge is -1.96. The van der Waals surface area contributed by atoms with Crippen LogP contribution in [0.2, 0.25) is 0 Å². The highest BCUT2D eigenvalue weighted by Crippen LogP contribution is 2.15. The van der Waals surface area contributed by atoms with Crippen molar-refractivity contribution in [2.75, 3.05) is 0 Å². The molecule has 1 aromatic heterocycles. The van der Waals surface area contributed by atoms with Crippen LogP contribution in [0.3, 0.4) is 0 Å². The fourth-order valence-electron chi connectivity index (χ4n) is 1.28. The van der Waals surface area contributed by atoms with Crippen molar-refractivity contribution in [2.24, 2.45) is 0 Å². The van der Waals surface area contributed by atoms with E-state index in [9.17, 15) is 9.18 Å². The van der Waals surface area contributed by atoms with Gasteiger partial charge in [-0.3, -0.25) is 4.79 Å². The van der Waals surface area contributed by atoms with Crippen LogP contribution in [0, 0.1) is 5.82 Å². The second-order valence-corrected chi connectivity index (χ2v) is 2.78. The maximum Gasteiger partial charge on any atom is 0.152 e. The average molecular weight is 173 g/mol. The van der Waals surface area contributed by atoms with Crippen molar-refractivity contribution in [2.45, 2.75) is 0 Å². The molecule has 2 aromatic rings. The number of carbonyl (C=O) groups excluding carboxylic acids is 1. The lowest BCUT2D eigenvalue weighted by atomic mass is 9.93. The number of H-pyrrole nitrogens is 1. The molecule has 2 nitrogen and oxygen atoms in total. The predicted octanol–water partition coefficient (Wildman–Crippen LogP) is 0.913. The van der Waals surface area contributed by atoms with E-state index in [-0.39, 0.29) is 5.46 Å². The Labute approximate surface area is 75.2 Å². The molecule has 1 aromatic carbocycles. The summed E-state index contributed by atoms with van der Waals surface area (Å²) in [6.45, 7) is 0. The smallest absolute Gasteiger partial charge is 0.152 e. The molecule has 2 radical (unpaired) electrons. The molecule has 0 unspecified atom stereocenters. The van der Waals surface area contributed by atoms with Crippen molar-refractivity contribution in [3.05, 3.63) is 29.7 Å². The fourth-order valence-corrected chi connectivity index (χ4v) is 1.28. The van der Waals surface area contributed by atoms with Crippen molar-refractivity contribution < 1.29 is 9.18 Å². The molecule has 0 aliphatic carbocycles. The van der Waals surface area contributed by atoms with Crippen LogP contribution in [0.4, 0.5) is 4.39 Å². The van der Waals surface area contributed by atoms with E-state index in [1.165, 1.54) is 18.3 Å². The average Bonchev–Trinajstić information content (AvgIpc) is 2.48. The molecule has 0 fully saturated rings. The molecule has 0 spiro atoms. The number of hydrogen-bond acceptors (Lipinski definition) is 1. The number of nitrogens with one attached hydrogen (secondary N) is 1. The number of carbonyl (C=O) groups is 1. The summed E-state index contributed by atoms with van der Waals surface area (Å²) in [5, 5.41) is 0.647. The minimum absolute atomic E-state index is 0.0511. The Bertz CT molecular complexity index is 478. The van der Waals surface area contributed by atoms with Crippen molar-refractivity contribution >= 4 is 30.5 Å². The Hall–Kier alpha value is -1.58. The van der Waals surface area contributed by atoms with Crippen LogP contribution in [0.5, 0.6) is 0 Å². The number of aromatic nitrogens is 1. The monoisotopic (exact) mass is 173 g/mol. The quantitative estimate of drug-likeness (QED) is 0.504. The first kappa shape index (κ1) is 8.04. The van der Waals surface area contributed by atoms with Gasteiger partial charge in [0, 0.05) is 22.7 Å². The summed E-state index contributed by atoms with van der Waals surface area (Å²) in [5.41, 5.74) is 1.12. The number of benzene rings is 1. The standard InChI is InChI=1S/C9H5BFNO/c10-7-1-6-5(4-13)3-12-9(6)2-8(7)11/h1-4,12H. The molecule has 0 saturated carbocycles. The minimum Gasteiger partial charge on any atom is -0.360 e. The molecule has 0 bridgehead atoms. The van der Waals surface area contributed by atoms with E-state index in [2.05, 4.69) is 4.98 Å². The second-order valence-electron chi connectivity index (χ2n) is 2.78. The summed E-state index contributed by atoms with van der Waals surface area (Å²) in [6.07, 6.45) is 2.23. The van der Waals surface area contributed by atoms with Gasteiger partial charge in [0.1, 0.15) is 13.7 Å². The van der Waals surface area contributed by atoms with Gasteiger partial charge in [-0.25, -0.2) is 4.39 Å². The number of fused-ring (bicyclic) bond motifs is 1. The van der Waals surface area contributed by atoms with Gasteiger partial charge in [0.2, 0.25) is 0 Å². The van der Waals surface area contributed by atoms with Gasteiger partial charge in [0.05, 0.1) is 0 Å². The van der Waals surface area contributed by atoms with Gasteiger partial charge in [-0.1, -0.05) is 11.5 Å². The van der Waals surface area contributed by atoms with Crippen molar-refractivity contribution in [3.8, 4) is 0 Å². The van der Waals surface area contributed by atoms with E-state index in [0.29, 0.717) is 22.8 Å². The van der Waals surface area contributed by atoms with E-state index in [0.717, 1.165) is 0 Å². The van der Waals surface area contributed by atoms with Crippen LogP contribution in [0.1, 0.15) is 10.4 Å². The van der Waals surface area contributed by atoms with Crippen LogP contribution in [0.15, 0.2) is 18.3 Å². The summed E-state index contributed by atoms with van der Waals surface area (Å²) in [5.74, 6) is -0.480. The fraction of sp³-hybridized carbons (Fsp3) is 0. The van der Waals surface area contributed by atoms with Gasteiger partial charge in [-0.05, 0) is 6.07 Å². The maximum absolute atomic E-state index is 12.9. The third-order valence-corrected chi connectivity index (χ3v) is 1.96. The molecule has 1 heterocycles. The highest BCUT2D eigenvalue weighted by atomic mass is 19.1. The van der Waals surface area contributed by atoms with E-state index < -0.39 is 5.82 Å². The van der Waals surface area contributed by atoms with Crippen molar-refractivity contribution in [3.63, 3.8) is 0 Å². The first-order valence-electron chi connectivity index (χ1n) is 3.73. The lowest BCUT2D eigenvalue weighted by Crippen LogP contribution is -2.07. The van der Waals surface area contributed by atoms with E-state index in [4.69, 9.17) is 7.85 Å². The first-order valence-corrected chi connectivity index (χ1v) is 3.73. The molecule has 4 heteroatoms. The minimum atomic E-state index is -0.480. The molecule has 0 aliphatic rings. The molecule has 2 rings (SSSR count). The highest BCUT2D eigenvalue weighted by Gasteiger charge is 2.05. The van der Waals surface area contributed by atoms with Gasteiger partial charge in [0.25, 0.3) is 0 Å². The zero-order valence-corrected chi connectivity index (χ0v) is 6.67. The zero-order valence-electron chi connectivity index (χ0n) is 6.67. The summed E-state index contributed by atoms with van der Waals surface area (Å²) in [6, 6.07) is 2.72. The Kier molecular flexibility index (Phi) is 1.69. The van der Waals surface area contributed by atoms with Crippen molar-refractivity contribution in [1.29, 1.82) is 0 Å². The molecule has 13 heavy (non-hydrogen) atoms. The van der Waals surface area contributed by atoms with E-state index in [1.807, 2.05) is 0 Å². The van der Waals surface area contributed by atoms with Crippen LogP contribution in [0.25, 0.3) is 10.9 Å². The van der Waals surface area contributed by atoms with Crippen LogP contribution in [-0.2, 0) is 0 Å². The predicted molar refractivity (Wildman–Crippen MR) is 49.0 cm³/mol. The van der Waals surface area contributed by atoms with Crippen LogP contribution >= 0.6 is 0 Å². The lowest BCUT2D eigenvalue weighted by molar-refractivity contribution is 0.112. The largest absolute Gasteiger partial charge is 0.360 e. The number of halogens is 1. The van der Waals surface area contributed by atoms with Gasteiger partial charge >= 0.3 is 0 Å². The summed E-state index contributed by atoms with van der Waals surface area (Å²) in [4.78, 5) is 13.3. The molecule has 0 saturated heterocycles. The summed E-state index contributed by atoms with van der Waals surface area (Å²) < 4.78 is 12.9. The van der Waals surface area contributed by atoms with Crippen LogP contribution in [-0.4, -0.2) is 19.1 Å². The van der Waals surface area contributed by atoms with E-state index in [1.54, 1.807) is 0 Å². The summed E-state index contributed by atoms with van der Waals surface area (Å²) >= 11 is 0. The van der Waals surface area contributed by atoms with Gasteiger partial charge in [0.15, 0.2) is 6.29 Å². The number of aromatic amines is 1. The van der Waals surface area contributed by atoms with E-state index >= 15 is 0 Å². The van der Waals surface area contributed by atoms with Gasteiger partial charge < -0.3 is 4.98 Å². The van der Waals surface area contributed by atoms with Gasteiger partial charge in [-0.15, -0.1) is 0 Å². The molecule has 0 aliphatic heterocycles. The Morgan fingerprint density at radius 1 is 1.46 bits per heavy atom. The molecule has 1 N–H and O–H groups in total. The van der Waals surface area contributed by atoms with Crippen molar-refractivity contribution in [1.82, 2.24) is 4.98 Å². The Morgan fingerprint density at radius 3 is 2.92 bits per heavy atom. The van der Waals surface area contributed by atoms with Gasteiger partial charge in [-0.2, -0.15) is 0 Å². The Morgan fingerprint density at radius 2 is 2.23 bits per heavy atom. The molecular weight excluding hydrogens is 168 g/mol. The third-order valence-electron chi connectivity index (χ3n) is 1.96. The zero-order chi connectivity index (χ0) is 9.42. The molecule has 0 atom stereocenters. The number of hydrogen-bond donors (Lipinski definition) is 1. The number of rotatable bonds is 1. The van der Waals surface area contributed by atoms with Crippen LogP contribution < -0.4 is 5.46 Å². The summed E-state index contributed by atoms with van der Waals surface area (Å²) in [7, 11) is 5.36. The number of aldehydes is 1. The third kappa shape index (κ3) is 1.14. The Balaban J connectivity index is 2.84. The highest BCUT2D eigenvalue weighted by molar-refractivity contribution is 6.33. The second kappa shape index (κ2) is 2.73. The normalized spacial score (nSPS) is 10.5. The molecule has 0 amide bonds. The SMILES string of the molecule is [B]c1cc2c(C=O)c[nH]c2cc1F.